The molecule has 1 saturated carbocycles. The van der Waals surface area contributed by atoms with Crippen LogP contribution in [-0.4, -0.2) is 13.1 Å². The smallest absolute Gasteiger partial charge is 0.00116 e. The highest BCUT2D eigenvalue weighted by Crippen LogP contribution is 2.30. The van der Waals surface area contributed by atoms with Crippen LogP contribution in [0.2, 0.25) is 0 Å². The molecule has 0 bridgehead atoms. The summed E-state index contributed by atoms with van der Waals surface area (Å²) >= 11 is 0. The van der Waals surface area contributed by atoms with Crippen molar-refractivity contribution in [1.29, 1.82) is 0 Å². The maximum atomic E-state index is 3.45. The van der Waals surface area contributed by atoms with Crippen LogP contribution in [0, 0.1) is 5.92 Å². The van der Waals surface area contributed by atoms with Crippen molar-refractivity contribution < 1.29 is 0 Å². The van der Waals surface area contributed by atoms with E-state index < -0.39 is 0 Å². The van der Waals surface area contributed by atoms with Gasteiger partial charge in [-0.15, -0.1) is 0 Å². The lowest BCUT2D eigenvalue weighted by atomic mass is 9.83. The van der Waals surface area contributed by atoms with Gasteiger partial charge in [-0.05, 0) is 51.1 Å². The van der Waals surface area contributed by atoms with Gasteiger partial charge in [0.1, 0.15) is 0 Å². The molecule has 0 aromatic heterocycles. The molecule has 0 spiro atoms. The van der Waals surface area contributed by atoms with Crippen LogP contribution in [0.5, 0.6) is 0 Å². The number of hydrogen-bond acceptors (Lipinski definition) is 1. The highest BCUT2D eigenvalue weighted by atomic mass is 14.8. The molecule has 1 aliphatic carbocycles. The van der Waals surface area contributed by atoms with Crippen LogP contribution in [0.3, 0.4) is 0 Å². The van der Waals surface area contributed by atoms with Gasteiger partial charge in [-0.1, -0.05) is 18.1 Å². The molecular formula is C11H19N. The van der Waals surface area contributed by atoms with E-state index in [1.807, 2.05) is 0 Å². The van der Waals surface area contributed by atoms with Gasteiger partial charge >= 0.3 is 0 Å². The Balaban J connectivity index is 1.86. The largest absolute Gasteiger partial charge is 0.316 e. The Kier molecular flexibility index (Phi) is 2.83. The summed E-state index contributed by atoms with van der Waals surface area (Å²) in [5.74, 6) is 0.957. The topological polar surface area (TPSA) is 12.0 Å². The fraction of sp³-hybridized carbons (Fsp3) is 0.818. The molecule has 2 rings (SSSR count). The summed E-state index contributed by atoms with van der Waals surface area (Å²) in [6.07, 6.45) is 10.9. The third-order valence-corrected chi connectivity index (χ3v) is 3.10. The van der Waals surface area contributed by atoms with Gasteiger partial charge in [0.15, 0.2) is 0 Å². The second-order valence-corrected chi connectivity index (χ2v) is 4.12. The highest BCUT2D eigenvalue weighted by Gasteiger charge is 2.15. The van der Waals surface area contributed by atoms with Crippen LogP contribution in [0.4, 0.5) is 0 Å². The zero-order chi connectivity index (χ0) is 8.23. The Morgan fingerprint density at radius 2 is 2.00 bits per heavy atom. The van der Waals surface area contributed by atoms with E-state index in [-0.39, 0.29) is 0 Å². The van der Waals surface area contributed by atoms with Gasteiger partial charge in [-0.3, -0.25) is 0 Å². The molecule has 1 N–H and O–H groups in total. The summed E-state index contributed by atoms with van der Waals surface area (Å²) in [6, 6.07) is 0. The molecule has 2 aliphatic rings. The lowest BCUT2D eigenvalue weighted by molar-refractivity contribution is 0.384. The van der Waals surface area contributed by atoms with E-state index in [2.05, 4.69) is 11.4 Å². The molecule has 1 aliphatic heterocycles. The molecule has 12 heavy (non-hydrogen) atoms. The SMILES string of the molecule is C(=C1\CCCNCC1)/C1CCC1. The Morgan fingerprint density at radius 1 is 1.08 bits per heavy atom. The van der Waals surface area contributed by atoms with Crippen LogP contribution in [0.1, 0.15) is 38.5 Å². The van der Waals surface area contributed by atoms with Gasteiger partial charge in [0, 0.05) is 0 Å². The van der Waals surface area contributed by atoms with Gasteiger partial charge in [-0.2, -0.15) is 0 Å². The molecule has 0 aromatic carbocycles. The van der Waals surface area contributed by atoms with Crippen molar-refractivity contribution in [2.45, 2.75) is 38.5 Å². The van der Waals surface area contributed by atoms with Gasteiger partial charge < -0.3 is 5.32 Å². The van der Waals surface area contributed by atoms with Crippen molar-refractivity contribution in [3.05, 3.63) is 11.6 Å². The van der Waals surface area contributed by atoms with Crippen molar-refractivity contribution in [3.63, 3.8) is 0 Å². The molecule has 1 saturated heterocycles. The minimum Gasteiger partial charge on any atom is -0.316 e. The van der Waals surface area contributed by atoms with E-state index in [0.717, 1.165) is 5.92 Å². The first-order chi connectivity index (χ1) is 5.95. The van der Waals surface area contributed by atoms with Crippen molar-refractivity contribution >= 4 is 0 Å². The molecule has 68 valence electrons. The fourth-order valence-electron chi connectivity index (χ4n) is 2.05. The molecule has 1 nitrogen and oxygen atoms in total. The monoisotopic (exact) mass is 165 g/mol. The van der Waals surface area contributed by atoms with Crippen LogP contribution in [0.15, 0.2) is 11.6 Å². The summed E-state index contributed by atoms with van der Waals surface area (Å²) in [6.45, 7) is 2.43. The standard InChI is InChI=1S/C11H19N/c1-3-10(4-1)9-11-5-2-7-12-8-6-11/h9-10,12H,1-8H2/b11-9-. The lowest BCUT2D eigenvalue weighted by Crippen LogP contribution is -2.13. The second kappa shape index (κ2) is 4.08. The van der Waals surface area contributed by atoms with Crippen molar-refractivity contribution in [2.24, 2.45) is 5.92 Å². The molecule has 1 heterocycles. The van der Waals surface area contributed by atoms with E-state index >= 15 is 0 Å². The van der Waals surface area contributed by atoms with Gasteiger partial charge in [0.25, 0.3) is 0 Å². The minimum atomic E-state index is 0.957. The average Bonchev–Trinajstić information content (AvgIpc) is 2.24. The predicted octanol–water partition coefficient (Wildman–Crippen LogP) is 2.49. The average molecular weight is 165 g/mol. The maximum absolute atomic E-state index is 3.45. The van der Waals surface area contributed by atoms with Gasteiger partial charge in [-0.25, -0.2) is 0 Å². The van der Waals surface area contributed by atoms with Gasteiger partial charge in [0.05, 0.1) is 0 Å². The first-order valence-electron chi connectivity index (χ1n) is 5.35. The highest BCUT2D eigenvalue weighted by molar-refractivity contribution is 5.07. The summed E-state index contributed by atoms with van der Waals surface area (Å²) in [5.41, 5.74) is 1.73. The number of allylic oxidation sites excluding steroid dienone is 1. The third-order valence-electron chi connectivity index (χ3n) is 3.10. The zero-order valence-electron chi connectivity index (χ0n) is 7.81. The molecule has 2 fully saturated rings. The van der Waals surface area contributed by atoms with Crippen LogP contribution >= 0.6 is 0 Å². The molecule has 0 atom stereocenters. The lowest BCUT2D eigenvalue weighted by Gasteiger charge is -2.23. The maximum Gasteiger partial charge on any atom is -0.00116 e. The Morgan fingerprint density at radius 3 is 2.75 bits per heavy atom. The van der Waals surface area contributed by atoms with Crippen LogP contribution in [-0.2, 0) is 0 Å². The Hall–Kier alpha value is -0.300. The number of rotatable bonds is 1. The fourth-order valence-corrected chi connectivity index (χ4v) is 2.05. The van der Waals surface area contributed by atoms with Crippen LogP contribution < -0.4 is 5.32 Å². The van der Waals surface area contributed by atoms with E-state index in [4.69, 9.17) is 0 Å². The molecule has 0 radical (unpaired) electrons. The van der Waals surface area contributed by atoms with Crippen molar-refractivity contribution in [2.75, 3.05) is 13.1 Å². The summed E-state index contributed by atoms with van der Waals surface area (Å²) < 4.78 is 0. The van der Waals surface area contributed by atoms with E-state index in [1.54, 1.807) is 5.57 Å². The van der Waals surface area contributed by atoms with E-state index in [0.29, 0.717) is 0 Å². The molecule has 1 heteroatoms. The van der Waals surface area contributed by atoms with E-state index in [1.165, 1.54) is 51.6 Å². The van der Waals surface area contributed by atoms with Gasteiger partial charge in [0.2, 0.25) is 0 Å². The Bertz CT molecular complexity index is 158. The minimum absolute atomic E-state index is 0.957. The number of nitrogens with one attached hydrogen (secondary N) is 1. The summed E-state index contributed by atoms with van der Waals surface area (Å²) in [4.78, 5) is 0. The molecule has 0 amide bonds. The molecule has 0 aromatic rings. The first-order valence-corrected chi connectivity index (χ1v) is 5.35. The summed E-state index contributed by atoms with van der Waals surface area (Å²) in [7, 11) is 0. The summed E-state index contributed by atoms with van der Waals surface area (Å²) in [5, 5.41) is 3.45. The molecule has 0 unspecified atom stereocenters. The van der Waals surface area contributed by atoms with Crippen LogP contribution in [0.25, 0.3) is 0 Å². The third kappa shape index (κ3) is 2.10. The van der Waals surface area contributed by atoms with E-state index in [9.17, 15) is 0 Å². The predicted molar refractivity (Wildman–Crippen MR) is 52.1 cm³/mol. The normalized spacial score (nSPS) is 29.8. The first kappa shape index (κ1) is 8.31. The second-order valence-electron chi connectivity index (χ2n) is 4.12. The zero-order valence-corrected chi connectivity index (χ0v) is 7.81. The molecular weight excluding hydrogens is 146 g/mol. The van der Waals surface area contributed by atoms with Crippen molar-refractivity contribution in [3.8, 4) is 0 Å². The van der Waals surface area contributed by atoms with Crippen molar-refractivity contribution in [1.82, 2.24) is 5.32 Å². The quantitative estimate of drug-likeness (QED) is 0.589. The number of hydrogen-bond donors (Lipinski definition) is 1. The Labute approximate surface area is 75.2 Å².